The standard InChI is InChI=1S/C12H20N4/c1-9-13-12-7-6-11(8-16(12)15-9)14-10-4-2-3-5-10/h10-11,14H,2-8H2,1H3. The molecule has 1 aromatic heterocycles. The van der Waals surface area contributed by atoms with Crippen LogP contribution >= 0.6 is 0 Å². The molecule has 88 valence electrons. The Morgan fingerprint density at radius 1 is 1.19 bits per heavy atom. The van der Waals surface area contributed by atoms with Gasteiger partial charge in [0.05, 0.1) is 6.54 Å². The van der Waals surface area contributed by atoms with Crippen molar-refractivity contribution in [2.75, 3.05) is 0 Å². The van der Waals surface area contributed by atoms with Crippen LogP contribution in [0, 0.1) is 6.92 Å². The van der Waals surface area contributed by atoms with Gasteiger partial charge >= 0.3 is 0 Å². The Bertz CT molecular complexity index is 365. The molecule has 0 saturated heterocycles. The zero-order chi connectivity index (χ0) is 11.0. The summed E-state index contributed by atoms with van der Waals surface area (Å²) in [6.07, 6.45) is 7.81. The van der Waals surface area contributed by atoms with E-state index in [0.29, 0.717) is 6.04 Å². The van der Waals surface area contributed by atoms with Crippen molar-refractivity contribution in [1.29, 1.82) is 0 Å². The number of rotatable bonds is 2. The average molecular weight is 220 g/mol. The molecule has 0 radical (unpaired) electrons. The minimum Gasteiger partial charge on any atom is -0.309 e. The van der Waals surface area contributed by atoms with Gasteiger partial charge in [-0.05, 0) is 26.2 Å². The maximum atomic E-state index is 4.44. The lowest BCUT2D eigenvalue weighted by molar-refractivity contribution is 0.326. The highest BCUT2D eigenvalue weighted by Gasteiger charge is 2.24. The summed E-state index contributed by atoms with van der Waals surface area (Å²) < 4.78 is 2.09. The highest BCUT2D eigenvalue weighted by molar-refractivity contribution is 4.97. The average Bonchev–Trinajstić information content (AvgIpc) is 2.85. The first-order valence-corrected chi connectivity index (χ1v) is 6.47. The van der Waals surface area contributed by atoms with Crippen molar-refractivity contribution in [2.45, 2.75) is 64.1 Å². The van der Waals surface area contributed by atoms with Crippen LogP contribution in [0.1, 0.15) is 43.8 Å². The third kappa shape index (κ3) is 1.98. The Morgan fingerprint density at radius 2 is 2.00 bits per heavy atom. The van der Waals surface area contributed by atoms with Crippen LogP contribution in [0.2, 0.25) is 0 Å². The van der Waals surface area contributed by atoms with Crippen LogP contribution < -0.4 is 5.32 Å². The quantitative estimate of drug-likeness (QED) is 0.820. The van der Waals surface area contributed by atoms with Crippen molar-refractivity contribution in [2.24, 2.45) is 0 Å². The number of hydrogen-bond donors (Lipinski definition) is 1. The van der Waals surface area contributed by atoms with E-state index in [1.165, 1.54) is 37.9 Å². The number of hydrogen-bond acceptors (Lipinski definition) is 3. The first-order valence-electron chi connectivity index (χ1n) is 6.47. The highest BCUT2D eigenvalue weighted by atomic mass is 15.4. The van der Waals surface area contributed by atoms with E-state index in [1.807, 2.05) is 6.92 Å². The predicted octanol–water partition coefficient (Wildman–Crippen LogP) is 1.43. The molecule has 1 aliphatic heterocycles. The van der Waals surface area contributed by atoms with Crippen LogP contribution in [-0.4, -0.2) is 26.8 Å². The third-order valence-electron chi connectivity index (χ3n) is 3.79. The largest absolute Gasteiger partial charge is 0.309 e. The van der Waals surface area contributed by atoms with Gasteiger partial charge in [-0.1, -0.05) is 12.8 Å². The summed E-state index contributed by atoms with van der Waals surface area (Å²) in [6, 6.07) is 1.37. The minimum absolute atomic E-state index is 0.608. The summed E-state index contributed by atoms with van der Waals surface area (Å²) in [5, 5.41) is 8.22. The van der Waals surface area contributed by atoms with Gasteiger partial charge in [-0.2, -0.15) is 5.10 Å². The van der Waals surface area contributed by atoms with Gasteiger partial charge in [0.2, 0.25) is 0 Å². The first kappa shape index (κ1) is 10.3. The summed E-state index contributed by atoms with van der Waals surface area (Å²) in [6.45, 7) is 2.98. The number of aromatic nitrogens is 3. The van der Waals surface area contributed by atoms with Gasteiger partial charge in [-0.3, -0.25) is 0 Å². The highest BCUT2D eigenvalue weighted by Crippen LogP contribution is 2.20. The smallest absolute Gasteiger partial charge is 0.147 e. The zero-order valence-corrected chi connectivity index (χ0v) is 9.95. The fraction of sp³-hybridized carbons (Fsp3) is 0.833. The SMILES string of the molecule is Cc1nc2n(n1)CC(NC1CCCC1)CC2. The Hall–Kier alpha value is -0.900. The lowest BCUT2D eigenvalue weighted by Crippen LogP contribution is -2.42. The van der Waals surface area contributed by atoms with Crippen molar-refractivity contribution < 1.29 is 0 Å². The molecule has 0 amide bonds. The normalized spacial score (nSPS) is 25.9. The molecule has 1 saturated carbocycles. The molecule has 1 fully saturated rings. The molecule has 1 N–H and O–H groups in total. The fourth-order valence-electron chi connectivity index (χ4n) is 3.00. The van der Waals surface area contributed by atoms with E-state index in [0.717, 1.165) is 24.8 Å². The molecule has 2 aliphatic rings. The van der Waals surface area contributed by atoms with Crippen molar-refractivity contribution in [3.8, 4) is 0 Å². The second kappa shape index (κ2) is 4.17. The van der Waals surface area contributed by atoms with Crippen molar-refractivity contribution in [3.63, 3.8) is 0 Å². The van der Waals surface area contributed by atoms with E-state index in [-0.39, 0.29) is 0 Å². The monoisotopic (exact) mass is 220 g/mol. The van der Waals surface area contributed by atoms with E-state index in [4.69, 9.17) is 0 Å². The predicted molar refractivity (Wildman–Crippen MR) is 62.3 cm³/mol. The summed E-state index contributed by atoms with van der Waals surface area (Å²) in [5.41, 5.74) is 0. The van der Waals surface area contributed by atoms with Crippen LogP contribution in [0.4, 0.5) is 0 Å². The van der Waals surface area contributed by atoms with Gasteiger partial charge in [0.15, 0.2) is 0 Å². The van der Waals surface area contributed by atoms with Crippen molar-refractivity contribution in [3.05, 3.63) is 11.6 Å². The molecular formula is C12H20N4. The number of nitrogens with zero attached hydrogens (tertiary/aromatic N) is 3. The molecule has 4 nitrogen and oxygen atoms in total. The second-order valence-electron chi connectivity index (χ2n) is 5.14. The van der Waals surface area contributed by atoms with E-state index in [1.54, 1.807) is 0 Å². The molecule has 0 bridgehead atoms. The van der Waals surface area contributed by atoms with Crippen LogP contribution in [0.25, 0.3) is 0 Å². The fourth-order valence-corrected chi connectivity index (χ4v) is 3.00. The van der Waals surface area contributed by atoms with Gasteiger partial charge < -0.3 is 5.32 Å². The van der Waals surface area contributed by atoms with Crippen LogP contribution in [0.3, 0.4) is 0 Å². The van der Waals surface area contributed by atoms with Gasteiger partial charge in [-0.15, -0.1) is 0 Å². The maximum absolute atomic E-state index is 4.44. The van der Waals surface area contributed by atoms with Gasteiger partial charge in [0.1, 0.15) is 11.6 Å². The molecule has 4 heteroatoms. The Labute approximate surface area is 96.4 Å². The molecule has 1 aromatic rings. The first-order chi connectivity index (χ1) is 7.81. The molecule has 1 atom stereocenters. The van der Waals surface area contributed by atoms with Crippen molar-refractivity contribution >= 4 is 0 Å². The lowest BCUT2D eigenvalue weighted by atomic mass is 10.1. The summed E-state index contributed by atoms with van der Waals surface area (Å²) in [7, 11) is 0. The maximum Gasteiger partial charge on any atom is 0.147 e. The lowest BCUT2D eigenvalue weighted by Gasteiger charge is -2.26. The van der Waals surface area contributed by atoms with Crippen LogP contribution in [-0.2, 0) is 13.0 Å². The Morgan fingerprint density at radius 3 is 2.81 bits per heavy atom. The van der Waals surface area contributed by atoms with Gasteiger partial charge in [-0.25, -0.2) is 9.67 Å². The molecule has 0 spiro atoms. The van der Waals surface area contributed by atoms with E-state index < -0.39 is 0 Å². The van der Waals surface area contributed by atoms with Gasteiger partial charge in [0.25, 0.3) is 0 Å². The van der Waals surface area contributed by atoms with Crippen molar-refractivity contribution in [1.82, 2.24) is 20.1 Å². The Kier molecular flexibility index (Phi) is 2.67. The molecule has 16 heavy (non-hydrogen) atoms. The number of aryl methyl sites for hydroxylation is 2. The molecule has 0 aromatic carbocycles. The molecule has 2 heterocycles. The zero-order valence-electron chi connectivity index (χ0n) is 9.95. The van der Waals surface area contributed by atoms with E-state index >= 15 is 0 Å². The third-order valence-corrected chi connectivity index (χ3v) is 3.79. The van der Waals surface area contributed by atoms with Gasteiger partial charge in [0, 0.05) is 18.5 Å². The minimum atomic E-state index is 0.608. The van der Waals surface area contributed by atoms with Crippen LogP contribution in [0.15, 0.2) is 0 Å². The number of nitrogens with one attached hydrogen (secondary N) is 1. The van der Waals surface area contributed by atoms with E-state index in [9.17, 15) is 0 Å². The molecule has 1 aliphatic carbocycles. The molecule has 3 rings (SSSR count). The second-order valence-corrected chi connectivity index (χ2v) is 5.14. The summed E-state index contributed by atoms with van der Waals surface area (Å²) in [4.78, 5) is 4.44. The summed E-state index contributed by atoms with van der Waals surface area (Å²) in [5.74, 6) is 2.08. The molecular weight excluding hydrogens is 200 g/mol. The topological polar surface area (TPSA) is 42.7 Å². The Balaban J connectivity index is 1.63. The molecule has 1 unspecified atom stereocenters. The van der Waals surface area contributed by atoms with E-state index in [2.05, 4.69) is 20.1 Å². The summed E-state index contributed by atoms with van der Waals surface area (Å²) >= 11 is 0. The van der Waals surface area contributed by atoms with Crippen LogP contribution in [0.5, 0.6) is 0 Å². The number of fused-ring (bicyclic) bond motifs is 1.